The number of benzene rings is 2. The molecule has 0 saturated carbocycles. The summed E-state index contributed by atoms with van der Waals surface area (Å²) in [5, 5.41) is 0.338. The van der Waals surface area contributed by atoms with Gasteiger partial charge >= 0.3 is 0 Å². The number of hydrogen-bond acceptors (Lipinski definition) is 3. The van der Waals surface area contributed by atoms with Crippen molar-refractivity contribution in [1.82, 2.24) is 4.72 Å². The normalized spacial score (nSPS) is 10.8. The van der Waals surface area contributed by atoms with E-state index in [1.54, 1.807) is 31.2 Å². The van der Waals surface area contributed by atoms with E-state index in [1.807, 2.05) is 0 Å². The van der Waals surface area contributed by atoms with Crippen molar-refractivity contribution >= 4 is 21.6 Å². The fourth-order valence-corrected chi connectivity index (χ4v) is 3.29. The lowest BCUT2D eigenvalue weighted by atomic mass is 10.2. The molecule has 1 N–H and O–H groups in total. The van der Waals surface area contributed by atoms with Crippen LogP contribution in [-0.4, -0.2) is 21.6 Å². The Morgan fingerprint density at radius 1 is 1.21 bits per heavy atom. The van der Waals surface area contributed by atoms with Gasteiger partial charge in [0.1, 0.15) is 6.61 Å². The van der Waals surface area contributed by atoms with Crippen LogP contribution in [0.5, 0.6) is 5.75 Å². The van der Waals surface area contributed by atoms with Gasteiger partial charge in [0, 0.05) is 5.02 Å². The maximum absolute atomic E-state index is 13.3. The summed E-state index contributed by atoms with van der Waals surface area (Å²) >= 11 is 5.83. The van der Waals surface area contributed by atoms with Crippen LogP contribution < -0.4 is 9.46 Å². The van der Waals surface area contributed by atoms with Gasteiger partial charge in [-0.2, -0.15) is 4.72 Å². The SMILES string of the molecule is Cc1ccc(Cl)cc1S(=O)(=O)NCC#CCOc1ccccc1F. The first-order valence-electron chi connectivity index (χ1n) is 6.99. The molecule has 2 rings (SSSR count). The van der Waals surface area contributed by atoms with E-state index in [1.165, 1.54) is 18.2 Å². The van der Waals surface area contributed by atoms with Gasteiger partial charge in [-0.25, -0.2) is 12.8 Å². The van der Waals surface area contributed by atoms with Crippen molar-refractivity contribution < 1.29 is 17.5 Å². The standard InChI is InChI=1S/C17H15ClFNO3S/c1-13-8-9-14(18)12-17(13)24(21,22)20-10-4-5-11-23-16-7-3-2-6-15(16)19/h2-3,6-9,12,20H,10-11H2,1H3. The van der Waals surface area contributed by atoms with Crippen LogP contribution in [0.15, 0.2) is 47.4 Å². The molecular weight excluding hydrogens is 353 g/mol. The Labute approximate surface area is 145 Å². The number of ether oxygens (including phenoxy) is 1. The number of nitrogens with one attached hydrogen (secondary N) is 1. The molecule has 0 bridgehead atoms. The number of aryl methyl sites for hydroxylation is 1. The Balaban J connectivity index is 1.90. The maximum atomic E-state index is 13.3. The highest BCUT2D eigenvalue weighted by molar-refractivity contribution is 7.89. The molecule has 0 aliphatic heterocycles. The number of para-hydroxylation sites is 1. The zero-order valence-corrected chi connectivity index (χ0v) is 14.4. The summed E-state index contributed by atoms with van der Waals surface area (Å²) in [4.78, 5) is 0.111. The van der Waals surface area contributed by atoms with E-state index < -0.39 is 15.8 Å². The van der Waals surface area contributed by atoms with Gasteiger partial charge < -0.3 is 4.74 Å². The summed E-state index contributed by atoms with van der Waals surface area (Å²) in [6, 6.07) is 10.6. The highest BCUT2D eigenvalue weighted by atomic mass is 35.5. The largest absolute Gasteiger partial charge is 0.478 e. The van der Waals surface area contributed by atoms with Gasteiger partial charge in [-0.05, 0) is 36.8 Å². The molecule has 0 unspecified atom stereocenters. The van der Waals surface area contributed by atoms with Gasteiger partial charge in [0.05, 0.1) is 11.4 Å². The minimum absolute atomic E-state index is 0.0428. The zero-order valence-electron chi connectivity index (χ0n) is 12.8. The summed E-state index contributed by atoms with van der Waals surface area (Å²) in [6.07, 6.45) is 0. The highest BCUT2D eigenvalue weighted by Gasteiger charge is 2.16. The van der Waals surface area contributed by atoms with E-state index in [0.717, 1.165) is 0 Å². The molecule has 4 nitrogen and oxygen atoms in total. The Hall–Kier alpha value is -2.07. The second-order valence-corrected chi connectivity index (χ2v) is 6.98. The monoisotopic (exact) mass is 367 g/mol. The van der Waals surface area contributed by atoms with Gasteiger partial charge in [0.2, 0.25) is 10.0 Å². The van der Waals surface area contributed by atoms with Gasteiger partial charge in [0.15, 0.2) is 11.6 Å². The number of hydrogen-bond donors (Lipinski definition) is 1. The predicted molar refractivity (Wildman–Crippen MR) is 91.0 cm³/mol. The summed E-state index contributed by atoms with van der Waals surface area (Å²) in [5.41, 5.74) is 0.586. The third-order valence-corrected chi connectivity index (χ3v) is 4.83. The van der Waals surface area contributed by atoms with Gasteiger partial charge in [0.25, 0.3) is 0 Å². The molecule has 126 valence electrons. The lowest BCUT2D eigenvalue weighted by molar-refractivity contribution is 0.348. The molecule has 2 aromatic rings. The molecule has 0 radical (unpaired) electrons. The average Bonchev–Trinajstić information content (AvgIpc) is 2.54. The Morgan fingerprint density at radius 3 is 2.71 bits per heavy atom. The van der Waals surface area contributed by atoms with Crippen molar-refractivity contribution in [1.29, 1.82) is 0 Å². The molecule has 0 atom stereocenters. The minimum Gasteiger partial charge on any atom is -0.478 e. The van der Waals surface area contributed by atoms with Crippen molar-refractivity contribution in [3.8, 4) is 17.6 Å². The van der Waals surface area contributed by atoms with Crippen LogP contribution in [-0.2, 0) is 10.0 Å². The first kappa shape index (κ1) is 18.3. The molecule has 0 amide bonds. The van der Waals surface area contributed by atoms with Crippen LogP contribution in [0.25, 0.3) is 0 Å². The second-order valence-electron chi connectivity index (χ2n) is 4.81. The van der Waals surface area contributed by atoms with Crippen LogP contribution in [0.4, 0.5) is 4.39 Å². The van der Waals surface area contributed by atoms with Crippen molar-refractivity contribution in [3.63, 3.8) is 0 Å². The average molecular weight is 368 g/mol. The highest BCUT2D eigenvalue weighted by Crippen LogP contribution is 2.19. The summed E-state index contributed by atoms with van der Waals surface area (Å²) in [7, 11) is -3.70. The molecular formula is C17H15ClFNO3S. The quantitative estimate of drug-likeness (QED) is 0.826. The van der Waals surface area contributed by atoms with Crippen molar-refractivity contribution in [2.24, 2.45) is 0 Å². The van der Waals surface area contributed by atoms with Crippen LogP contribution in [0.3, 0.4) is 0 Å². The van der Waals surface area contributed by atoms with Crippen LogP contribution >= 0.6 is 11.6 Å². The topological polar surface area (TPSA) is 55.4 Å². The summed E-state index contributed by atoms with van der Waals surface area (Å²) in [6.45, 7) is 1.55. The Bertz CT molecular complexity index is 888. The zero-order chi connectivity index (χ0) is 17.6. The van der Waals surface area contributed by atoms with Crippen molar-refractivity contribution in [2.75, 3.05) is 13.2 Å². The third-order valence-electron chi connectivity index (χ3n) is 3.05. The van der Waals surface area contributed by atoms with Crippen LogP contribution in [0, 0.1) is 24.6 Å². The van der Waals surface area contributed by atoms with Gasteiger partial charge in [-0.1, -0.05) is 41.6 Å². The first-order chi connectivity index (χ1) is 11.4. The van der Waals surface area contributed by atoms with Gasteiger partial charge in [-0.15, -0.1) is 0 Å². The molecule has 0 spiro atoms. The van der Waals surface area contributed by atoms with E-state index in [9.17, 15) is 12.8 Å². The number of rotatable bonds is 5. The minimum atomic E-state index is -3.70. The summed E-state index contributed by atoms with van der Waals surface area (Å²) in [5.74, 6) is 4.86. The van der Waals surface area contributed by atoms with E-state index in [-0.39, 0.29) is 23.8 Å². The third kappa shape index (κ3) is 4.96. The van der Waals surface area contributed by atoms with Crippen molar-refractivity contribution in [3.05, 3.63) is 58.9 Å². The fraction of sp³-hybridized carbons (Fsp3) is 0.176. The first-order valence-corrected chi connectivity index (χ1v) is 8.85. The summed E-state index contributed by atoms with van der Waals surface area (Å²) < 4.78 is 45.2. The van der Waals surface area contributed by atoms with E-state index in [4.69, 9.17) is 16.3 Å². The fourth-order valence-electron chi connectivity index (χ4n) is 1.86. The van der Waals surface area contributed by atoms with Crippen LogP contribution in [0.2, 0.25) is 5.02 Å². The molecule has 0 aromatic heterocycles. The predicted octanol–water partition coefficient (Wildman–Crippen LogP) is 3.15. The van der Waals surface area contributed by atoms with E-state index >= 15 is 0 Å². The molecule has 0 saturated heterocycles. The number of halogens is 2. The second kappa shape index (κ2) is 8.15. The van der Waals surface area contributed by atoms with E-state index in [0.29, 0.717) is 10.6 Å². The molecule has 2 aromatic carbocycles. The van der Waals surface area contributed by atoms with Crippen molar-refractivity contribution in [2.45, 2.75) is 11.8 Å². The maximum Gasteiger partial charge on any atom is 0.241 e. The molecule has 7 heteroatoms. The smallest absolute Gasteiger partial charge is 0.241 e. The van der Waals surface area contributed by atoms with Gasteiger partial charge in [-0.3, -0.25) is 0 Å². The number of sulfonamides is 1. The lowest BCUT2D eigenvalue weighted by Gasteiger charge is -2.07. The molecule has 0 aliphatic carbocycles. The molecule has 24 heavy (non-hydrogen) atoms. The molecule has 0 heterocycles. The lowest BCUT2D eigenvalue weighted by Crippen LogP contribution is -2.24. The van der Waals surface area contributed by atoms with E-state index in [2.05, 4.69) is 16.6 Å². The molecule has 0 aliphatic rings. The molecule has 0 fully saturated rings. The van der Waals surface area contributed by atoms with Crippen LogP contribution in [0.1, 0.15) is 5.56 Å². The Morgan fingerprint density at radius 2 is 1.96 bits per heavy atom. The Kier molecular flexibility index (Phi) is 6.21.